The lowest BCUT2D eigenvalue weighted by Gasteiger charge is -2.35. The molecule has 0 aliphatic heterocycles. The van der Waals surface area contributed by atoms with Crippen molar-refractivity contribution in [3.05, 3.63) is 0 Å². The molecule has 1 atom stereocenters. The molecule has 3 aliphatic carbocycles. The fraction of sp³-hybridized carbons (Fsp3) is 0.966. The summed E-state index contributed by atoms with van der Waals surface area (Å²) in [6, 6.07) is 2.76. The summed E-state index contributed by atoms with van der Waals surface area (Å²) in [6.07, 6.45) is 27.1. The van der Waals surface area contributed by atoms with E-state index < -0.39 is 0 Å². The molecule has 0 radical (unpaired) electrons. The molecular weight excluding hydrogens is 362 g/mol. The maximum Gasteiger partial charge on any atom is 0.0658 e. The van der Waals surface area contributed by atoms with E-state index >= 15 is 0 Å². The predicted molar refractivity (Wildman–Crippen MR) is 129 cm³/mol. The largest absolute Gasteiger partial charge is 0.198 e. The van der Waals surface area contributed by atoms with Crippen LogP contribution < -0.4 is 0 Å². The van der Waals surface area contributed by atoms with Crippen LogP contribution in [0.5, 0.6) is 0 Å². The van der Waals surface area contributed by atoms with E-state index in [1.54, 1.807) is 0 Å². The van der Waals surface area contributed by atoms with Crippen molar-refractivity contribution in [1.82, 2.24) is 0 Å². The van der Waals surface area contributed by atoms with Crippen molar-refractivity contribution in [1.29, 1.82) is 5.26 Å². The second-order valence-electron chi connectivity index (χ2n) is 11.7. The fourth-order valence-electron chi connectivity index (χ4n) is 7.44. The Hall–Kier alpha value is -0.510. The summed E-state index contributed by atoms with van der Waals surface area (Å²) in [5, 5.41) is 9.86. The van der Waals surface area contributed by atoms with Crippen molar-refractivity contribution in [2.75, 3.05) is 0 Å². The molecule has 0 bridgehead atoms. The zero-order chi connectivity index (χ0) is 21.2. The molecule has 0 spiro atoms. The van der Waals surface area contributed by atoms with Crippen molar-refractivity contribution in [2.24, 2.45) is 41.4 Å². The maximum absolute atomic E-state index is 9.86. The fourth-order valence-corrected chi connectivity index (χ4v) is 7.44. The highest BCUT2D eigenvalue weighted by molar-refractivity contribution is 4.92. The predicted octanol–water partition coefficient (Wildman–Crippen LogP) is 9.32. The zero-order valence-electron chi connectivity index (χ0n) is 20.4. The summed E-state index contributed by atoms with van der Waals surface area (Å²) >= 11 is 0. The van der Waals surface area contributed by atoms with Crippen LogP contribution in [0.1, 0.15) is 136 Å². The summed E-state index contributed by atoms with van der Waals surface area (Å²) in [4.78, 5) is 0. The minimum atomic E-state index is 0.354. The van der Waals surface area contributed by atoms with Crippen LogP contribution in [-0.4, -0.2) is 0 Å². The van der Waals surface area contributed by atoms with Gasteiger partial charge in [0.05, 0.1) is 6.07 Å². The molecule has 0 saturated heterocycles. The Kier molecular flexibility index (Phi) is 10.6. The van der Waals surface area contributed by atoms with Crippen LogP contribution in [0.15, 0.2) is 0 Å². The number of rotatable bonds is 10. The highest BCUT2D eigenvalue weighted by Crippen LogP contribution is 2.42. The molecule has 172 valence electrons. The van der Waals surface area contributed by atoms with E-state index in [1.165, 1.54) is 122 Å². The second-order valence-corrected chi connectivity index (χ2v) is 11.7. The van der Waals surface area contributed by atoms with Crippen molar-refractivity contribution < 1.29 is 0 Å². The van der Waals surface area contributed by atoms with Gasteiger partial charge in [-0.05, 0) is 54.8 Å². The molecule has 0 aromatic carbocycles. The normalized spacial score (nSPS) is 36.2. The van der Waals surface area contributed by atoms with E-state index in [1.807, 2.05) is 0 Å². The summed E-state index contributed by atoms with van der Waals surface area (Å²) in [6.45, 7) is 4.66. The summed E-state index contributed by atoms with van der Waals surface area (Å²) < 4.78 is 0. The molecule has 0 aromatic rings. The smallest absolute Gasteiger partial charge is 0.0658 e. The van der Waals surface area contributed by atoms with Gasteiger partial charge in [0.25, 0.3) is 0 Å². The van der Waals surface area contributed by atoms with Crippen LogP contribution in [0.2, 0.25) is 0 Å². The number of hydrogen-bond acceptors (Lipinski definition) is 1. The van der Waals surface area contributed by atoms with Gasteiger partial charge in [-0.1, -0.05) is 117 Å². The first-order valence-electron chi connectivity index (χ1n) is 14.1. The van der Waals surface area contributed by atoms with Crippen LogP contribution in [0.4, 0.5) is 0 Å². The van der Waals surface area contributed by atoms with E-state index in [0.717, 1.165) is 29.6 Å². The van der Waals surface area contributed by atoms with Crippen LogP contribution >= 0.6 is 0 Å². The first kappa shape index (κ1) is 24.1. The lowest BCUT2D eigenvalue weighted by molar-refractivity contribution is 0.172. The van der Waals surface area contributed by atoms with Gasteiger partial charge in [0.1, 0.15) is 0 Å². The molecule has 1 unspecified atom stereocenters. The number of hydrogen-bond donors (Lipinski definition) is 0. The molecule has 3 aliphatic rings. The van der Waals surface area contributed by atoms with Gasteiger partial charge in [0.2, 0.25) is 0 Å². The van der Waals surface area contributed by atoms with Crippen LogP contribution in [-0.2, 0) is 0 Å². The average molecular weight is 414 g/mol. The first-order chi connectivity index (χ1) is 14.7. The van der Waals surface area contributed by atoms with E-state index in [0.29, 0.717) is 11.8 Å². The minimum absolute atomic E-state index is 0.354. The third-order valence-electron chi connectivity index (χ3n) is 9.52. The van der Waals surface area contributed by atoms with Gasteiger partial charge in [-0.2, -0.15) is 5.26 Å². The van der Waals surface area contributed by atoms with Crippen molar-refractivity contribution in [3.63, 3.8) is 0 Å². The molecule has 3 saturated carbocycles. The third kappa shape index (κ3) is 7.57. The first-order valence-corrected chi connectivity index (χ1v) is 14.1. The van der Waals surface area contributed by atoms with Crippen LogP contribution in [0.3, 0.4) is 0 Å². The molecule has 3 fully saturated rings. The van der Waals surface area contributed by atoms with Gasteiger partial charge in [0, 0.05) is 5.92 Å². The van der Waals surface area contributed by atoms with E-state index in [9.17, 15) is 5.26 Å². The van der Waals surface area contributed by atoms with Crippen molar-refractivity contribution >= 4 is 0 Å². The lowest BCUT2D eigenvalue weighted by atomic mass is 9.70. The quantitative estimate of drug-likeness (QED) is 0.350. The molecule has 0 heterocycles. The lowest BCUT2D eigenvalue weighted by Crippen LogP contribution is -2.25. The highest BCUT2D eigenvalue weighted by atomic mass is 14.4. The molecule has 1 nitrogen and oxygen atoms in total. The van der Waals surface area contributed by atoms with Gasteiger partial charge in [-0.25, -0.2) is 0 Å². The number of nitriles is 1. The molecule has 0 N–H and O–H groups in total. The highest BCUT2D eigenvalue weighted by Gasteiger charge is 2.31. The van der Waals surface area contributed by atoms with E-state index in [2.05, 4.69) is 19.9 Å². The maximum atomic E-state index is 9.86. The topological polar surface area (TPSA) is 23.8 Å². The molecule has 30 heavy (non-hydrogen) atoms. The summed E-state index contributed by atoms with van der Waals surface area (Å²) in [5.74, 6) is 5.97. The Bertz CT molecular complexity index is 481. The van der Waals surface area contributed by atoms with Gasteiger partial charge >= 0.3 is 0 Å². The standard InChI is InChI=1S/C29H51N/c1-3-5-23-7-9-25(10-8-23)11-12-26-13-15-27(16-14-26)21-29(22-30)28-19-17-24(6-4-2)18-20-28/h23-29H,3-21H2,1-2H3/t23-,24-,25-,26?,27?,28-,29?. The molecular formula is C29H51N. The monoisotopic (exact) mass is 413 g/mol. The Balaban J connectivity index is 1.30. The second kappa shape index (κ2) is 13.1. The zero-order valence-corrected chi connectivity index (χ0v) is 20.4. The van der Waals surface area contributed by atoms with Crippen LogP contribution in [0, 0.1) is 52.8 Å². The van der Waals surface area contributed by atoms with Crippen molar-refractivity contribution in [2.45, 2.75) is 136 Å². The number of nitrogens with zero attached hydrogens (tertiary/aromatic N) is 1. The molecule has 0 aromatic heterocycles. The van der Waals surface area contributed by atoms with Crippen LogP contribution in [0.25, 0.3) is 0 Å². The van der Waals surface area contributed by atoms with Gasteiger partial charge in [-0.15, -0.1) is 0 Å². The van der Waals surface area contributed by atoms with E-state index in [4.69, 9.17) is 0 Å². The average Bonchev–Trinajstić information content (AvgIpc) is 2.79. The summed E-state index contributed by atoms with van der Waals surface area (Å²) in [5.41, 5.74) is 0. The van der Waals surface area contributed by atoms with Gasteiger partial charge < -0.3 is 0 Å². The Labute approximate surface area is 188 Å². The molecule has 3 rings (SSSR count). The Morgan fingerprint density at radius 1 is 0.567 bits per heavy atom. The Morgan fingerprint density at radius 3 is 1.33 bits per heavy atom. The van der Waals surface area contributed by atoms with Gasteiger partial charge in [0.15, 0.2) is 0 Å². The summed E-state index contributed by atoms with van der Waals surface area (Å²) in [7, 11) is 0. The van der Waals surface area contributed by atoms with Crippen molar-refractivity contribution in [3.8, 4) is 6.07 Å². The SMILES string of the molecule is CCC[C@H]1CC[C@H](CCC2CCC(CC(C#N)[C@H]3CC[C@H](CCC)CC3)CC2)CC1. The van der Waals surface area contributed by atoms with Gasteiger partial charge in [-0.3, -0.25) is 0 Å². The Morgan fingerprint density at radius 2 is 0.933 bits per heavy atom. The minimum Gasteiger partial charge on any atom is -0.198 e. The third-order valence-corrected chi connectivity index (χ3v) is 9.52. The molecule has 1 heteroatoms. The molecule has 0 amide bonds. The van der Waals surface area contributed by atoms with E-state index in [-0.39, 0.29) is 0 Å².